The van der Waals surface area contributed by atoms with Crippen molar-refractivity contribution in [1.29, 1.82) is 0 Å². The number of hydrogen-bond donors (Lipinski definition) is 1. The van der Waals surface area contributed by atoms with E-state index in [9.17, 15) is 8.42 Å². The predicted octanol–water partition coefficient (Wildman–Crippen LogP) is 2.26. The van der Waals surface area contributed by atoms with Gasteiger partial charge in [0.2, 0.25) is 5.90 Å². The highest BCUT2D eigenvalue weighted by atomic mass is 32.2. The number of rotatable bonds is 2. The summed E-state index contributed by atoms with van der Waals surface area (Å²) in [5, 5.41) is 2.99. The second kappa shape index (κ2) is 4.64. The van der Waals surface area contributed by atoms with E-state index in [1.165, 1.54) is 6.07 Å². The zero-order valence-corrected chi connectivity index (χ0v) is 11.5. The summed E-state index contributed by atoms with van der Waals surface area (Å²) in [5.41, 5.74) is 1.43. The van der Waals surface area contributed by atoms with Crippen LogP contribution >= 0.6 is 0 Å². The fourth-order valence-corrected chi connectivity index (χ4v) is 3.09. The first-order chi connectivity index (χ1) is 9.60. The molecule has 3 rings (SSSR count). The maximum atomic E-state index is 11.9. The molecular formula is C14H12N2O3S. The number of anilines is 1. The Morgan fingerprint density at radius 2 is 1.75 bits per heavy atom. The van der Waals surface area contributed by atoms with Crippen LogP contribution in [-0.2, 0) is 10.0 Å². The normalized spacial score (nSPS) is 15.3. The third kappa shape index (κ3) is 2.14. The Hall–Kier alpha value is -2.34. The van der Waals surface area contributed by atoms with Crippen LogP contribution in [0.15, 0.2) is 57.8 Å². The van der Waals surface area contributed by atoms with Gasteiger partial charge in [0, 0.05) is 12.7 Å². The molecule has 0 saturated carbocycles. The zero-order valence-electron chi connectivity index (χ0n) is 10.7. The Morgan fingerprint density at radius 1 is 1.05 bits per heavy atom. The Balaban J connectivity index is 1.95. The molecule has 0 unspecified atom stereocenters. The van der Waals surface area contributed by atoms with E-state index in [0.717, 1.165) is 5.69 Å². The van der Waals surface area contributed by atoms with E-state index in [1.807, 2.05) is 19.2 Å². The average Bonchev–Trinajstić information content (AvgIpc) is 2.72. The van der Waals surface area contributed by atoms with Gasteiger partial charge in [0.05, 0.1) is 5.56 Å². The molecule has 20 heavy (non-hydrogen) atoms. The maximum absolute atomic E-state index is 11.9. The van der Waals surface area contributed by atoms with Crippen LogP contribution < -0.4 is 10.1 Å². The molecule has 0 radical (unpaired) electrons. The van der Waals surface area contributed by atoms with Gasteiger partial charge in [-0.25, -0.2) is 0 Å². The molecule has 102 valence electrons. The molecular weight excluding hydrogens is 276 g/mol. The number of benzene rings is 2. The molecule has 2 aromatic carbocycles. The molecule has 6 heteroatoms. The topological polar surface area (TPSA) is 67.8 Å². The highest BCUT2D eigenvalue weighted by Crippen LogP contribution is 2.27. The van der Waals surface area contributed by atoms with Crippen molar-refractivity contribution < 1.29 is 13.2 Å². The van der Waals surface area contributed by atoms with E-state index in [2.05, 4.69) is 9.71 Å². The van der Waals surface area contributed by atoms with Crippen LogP contribution in [0.25, 0.3) is 0 Å². The van der Waals surface area contributed by atoms with Gasteiger partial charge >= 0.3 is 0 Å². The summed E-state index contributed by atoms with van der Waals surface area (Å²) in [6.45, 7) is 0. The SMILES string of the molecule is CNc1ccc(OC2=NS(=O)(=O)c3ccccc32)cc1. The van der Waals surface area contributed by atoms with Crippen LogP contribution in [0.2, 0.25) is 0 Å². The van der Waals surface area contributed by atoms with Crippen molar-refractivity contribution in [3.05, 3.63) is 54.1 Å². The van der Waals surface area contributed by atoms with E-state index < -0.39 is 10.0 Å². The lowest BCUT2D eigenvalue weighted by Crippen LogP contribution is -2.07. The van der Waals surface area contributed by atoms with Crippen molar-refractivity contribution >= 4 is 21.6 Å². The van der Waals surface area contributed by atoms with Crippen LogP contribution in [0.1, 0.15) is 5.56 Å². The van der Waals surface area contributed by atoms with Gasteiger partial charge in [-0.2, -0.15) is 8.42 Å². The van der Waals surface area contributed by atoms with Gasteiger partial charge in [-0.15, -0.1) is 4.40 Å². The monoisotopic (exact) mass is 288 g/mol. The van der Waals surface area contributed by atoms with Crippen molar-refractivity contribution in [2.24, 2.45) is 4.40 Å². The first kappa shape index (κ1) is 12.7. The van der Waals surface area contributed by atoms with Gasteiger partial charge in [-0.1, -0.05) is 12.1 Å². The quantitative estimate of drug-likeness (QED) is 0.920. The summed E-state index contributed by atoms with van der Waals surface area (Å²) in [5.74, 6) is 0.646. The largest absolute Gasteiger partial charge is 0.438 e. The molecule has 0 fully saturated rings. The van der Waals surface area contributed by atoms with Crippen LogP contribution in [0, 0.1) is 0 Å². The lowest BCUT2D eigenvalue weighted by atomic mass is 10.2. The van der Waals surface area contributed by atoms with Crippen LogP contribution in [0.4, 0.5) is 5.69 Å². The number of hydrogen-bond acceptors (Lipinski definition) is 4. The second-order valence-electron chi connectivity index (χ2n) is 4.24. The molecule has 2 aromatic rings. The lowest BCUT2D eigenvalue weighted by Gasteiger charge is -2.06. The molecule has 1 N–H and O–H groups in total. The molecule has 5 nitrogen and oxygen atoms in total. The lowest BCUT2D eigenvalue weighted by molar-refractivity contribution is 0.554. The third-order valence-corrected chi connectivity index (χ3v) is 4.27. The highest BCUT2D eigenvalue weighted by molar-refractivity contribution is 7.90. The number of nitrogens with one attached hydrogen (secondary N) is 1. The van der Waals surface area contributed by atoms with Gasteiger partial charge in [0.25, 0.3) is 10.0 Å². The Morgan fingerprint density at radius 3 is 2.45 bits per heavy atom. The first-order valence-electron chi connectivity index (χ1n) is 6.00. The summed E-state index contributed by atoms with van der Waals surface area (Å²) in [6.07, 6.45) is 0. The summed E-state index contributed by atoms with van der Waals surface area (Å²) >= 11 is 0. The van der Waals surface area contributed by atoms with E-state index in [1.54, 1.807) is 30.3 Å². The Bertz CT molecular complexity index is 780. The summed E-state index contributed by atoms with van der Waals surface area (Å²) in [4.78, 5) is 0.182. The van der Waals surface area contributed by atoms with Crippen molar-refractivity contribution in [2.75, 3.05) is 12.4 Å². The third-order valence-electron chi connectivity index (χ3n) is 2.96. The van der Waals surface area contributed by atoms with Crippen molar-refractivity contribution in [3.8, 4) is 5.75 Å². The van der Waals surface area contributed by atoms with Gasteiger partial charge in [-0.3, -0.25) is 0 Å². The first-order valence-corrected chi connectivity index (χ1v) is 7.44. The number of sulfonamides is 1. The molecule has 0 saturated heterocycles. The minimum atomic E-state index is -3.64. The van der Waals surface area contributed by atoms with Crippen molar-refractivity contribution in [2.45, 2.75) is 4.90 Å². The summed E-state index contributed by atoms with van der Waals surface area (Å²) in [7, 11) is -1.82. The van der Waals surface area contributed by atoms with Crippen LogP contribution in [0.3, 0.4) is 0 Å². The van der Waals surface area contributed by atoms with Crippen molar-refractivity contribution in [3.63, 3.8) is 0 Å². The van der Waals surface area contributed by atoms with Crippen LogP contribution in [-0.4, -0.2) is 21.4 Å². The minimum Gasteiger partial charge on any atom is -0.438 e. The molecule has 0 bridgehead atoms. The fraction of sp³-hybridized carbons (Fsp3) is 0.0714. The predicted molar refractivity (Wildman–Crippen MR) is 76.8 cm³/mol. The molecule has 1 aliphatic rings. The fourth-order valence-electron chi connectivity index (χ4n) is 1.95. The summed E-state index contributed by atoms with van der Waals surface area (Å²) < 4.78 is 33.0. The van der Waals surface area contributed by atoms with Gasteiger partial charge in [0.1, 0.15) is 10.6 Å². The van der Waals surface area contributed by atoms with Gasteiger partial charge in [0.15, 0.2) is 0 Å². The standard InChI is InChI=1S/C14H12N2O3S/c1-15-10-6-8-11(9-7-10)19-14-12-4-2-3-5-13(12)20(17,18)16-14/h2-9,15H,1H3. The smallest absolute Gasteiger partial charge is 0.286 e. The number of fused-ring (bicyclic) bond motifs is 1. The molecule has 0 aromatic heterocycles. The second-order valence-corrected chi connectivity index (χ2v) is 5.82. The molecule has 1 heterocycles. The average molecular weight is 288 g/mol. The maximum Gasteiger partial charge on any atom is 0.286 e. The van der Waals surface area contributed by atoms with E-state index in [0.29, 0.717) is 11.3 Å². The van der Waals surface area contributed by atoms with E-state index >= 15 is 0 Å². The highest BCUT2D eigenvalue weighted by Gasteiger charge is 2.29. The number of nitrogens with zero attached hydrogens (tertiary/aromatic N) is 1. The summed E-state index contributed by atoms with van der Waals surface area (Å²) in [6, 6.07) is 13.8. The van der Waals surface area contributed by atoms with Crippen LogP contribution in [0.5, 0.6) is 5.75 Å². The number of ether oxygens (including phenoxy) is 1. The van der Waals surface area contributed by atoms with Gasteiger partial charge < -0.3 is 10.1 Å². The molecule has 0 atom stereocenters. The van der Waals surface area contributed by atoms with Gasteiger partial charge in [-0.05, 0) is 36.4 Å². The van der Waals surface area contributed by atoms with E-state index in [-0.39, 0.29) is 10.8 Å². The molecule has 0 aliphatic carbocycles. The Kier molecular flexibility index (Phi) is 2.94. The van der Waals surface area contributed by atoms with E-state index in [4.69, 9.17) is 4.74 Å². The molecule has 0 spiro atoms. The zero-order chi connectivity index (χ0) is 14.2. The molecule has 0 amide bonds. The van der Waals surface area contributed by atoms with Crippen molar-refractivity contribution in [1.82, 2.24) is 0 Å². The Labute approximate surface area is 117 Å². The minimum absolute atomic E-state index is 0.109. The molecule has 1 aliphatic heterocycles.